The van der Waals surface area contributed by atoms with E-state index in [-0.39, 0.29) is 10.7 Å². The molecule has 0 atom stereocenters. The highest BCUT2D eigenvalue weighted by molar-refractivity contribution is 7.86. The van der Waals surface area contributed by atoms with E-state index in [9.17, 15) is 17.1 Å². The van der Waals surface area contributed by atoms with Gasteiger partial charge < -0.3 is 4.74 Å². The first-order valence-corrected chi connectivity index (χ1v) is 6.99. The Morgan fingerprint density at radius 3 is 2.37 bits per heavy atom. The lowest BCUT2D eigenvalue weighted by atomic mass is 10.2. The van der Waals surface area contributed by atoms with Crippen LogP contribution in [0.4, 0.5) is 14.4 Å². The molecule has 8 heteroatoms. The van der Waals surface area contributed by atoms with Gasteiger partial charge in [-0.05, 0) is 39.0 Å². The Hall–Kier alpha value is -1.34. The second-order valence-electron chi connectivity index (χ2n) is 4.71. The molecular weight excluding hydrogens is 297 g/mol. The van der Waals surface area contributed by atoms with Gasteiger partial charge in [-0.3, -0.25) is 5.32 Å². The number of hydrogen-bond acceptors (Lipinski definition) is 4. The molecule has 0 heterocycles. The van der Waals surface area contributed by atoms with Gasteiger partial charge in [-0.15, -0.1) is 3.89 Å². The summed E-state index contributed by atoms with van der Waals surface area (Å²) in [6.45, 7) is 5.06. The molecule has 1 amide bonds. The number of benzene rings is 1. The molecule has 1 aromatic carbocycles. The molecule has 0 aliphatic heterocycles. The minimum absolute atomic E-state index is 0.107. The summed E-state index contributed by atoms with van der Waals surface area (Å²) < 4.78 is 39.1. The van der Waals surface area contributed by atoms with Crippen LogP contribution in [0.15, 0.2) is 23.1 Å². The third kappa shape index (κ3) is 5.04. The van der Waals surface area contributed by atoms with Crippen molar-refractivity contribution in [3.63, 3.8) is 0 Å². The quantitative estimate of drug-likeness (QED) is 0.850. The number of carbonyl (C=O) groups excluding carboxylic acids is 1. The van der Waals surface area contributed by atoms with Gasteiger partial charge in [0.05, 0.1) is 10.7 Å². The number of amides is 1. The largest absolute Gasteiger partial charge is 0.444 e. The Labute approximate surface area is 115 Å². The molecule has 0 unspecified atom stereocenters. The number of halogens is 2. The van der Waals surface area contributed by atoms with E-state index >= 15 is 0 Å². The van der Waals surface area contributed by atoms with Crippen molar-refractivity contribution in [3.8, 4) is 0 Å². The summed E-state index contributed by atoms with van der Waals surface area (Å²) in [4.78, 5) is 10.9. The van der Waals surface area contributed by atoms with Crippen LogP contribution in [0.3, 0.4) is 0 Å². The summed E-state index contributed by atoms with van der Waals surface area (Å²) in [6.07, 6.45) is -0.745. The molecule has 1 N–H and O–H groups in total. The summed E-state index contributed by atoms with van der Waals surface area (Å²) in [5.41, 5.74) is -0.554. The highest BCUT2D eigenvalue weighted by Crippen LogP contribution is 2.26. The van der Waals surface area contributed by atoms with Crippen molar-refractivity contribution in [2.75, 3.05) is 5.32 Å². The van der Waals surface area contributed by atoms with Gasteiger partial charge >= 0.3 is 16.3 Å². The number of anilines is 1. The third-order valence-corrected chi connectivity index (χ3v) is 2.99. The van der Waals surface area contributed by atoms with Crippen molar-refractivity contribution in [2.24, 2.45) is 0 Å². The highest BCUT2D eigenvalue weighted by Gasteiger charge is 2.18. The van der Waals surface area contributed by atoms with E-state index < -0.39 is 26.8 Å². The summed E-state index contributed by atoms with van der Waals surface area (Å²) in [6, 6.07) is 3.08. The Morgan fingerprint density at radius 1 is 1.37 bits per heavy atom. The summed E-state index contributed by atoms with van der Waals surface area (Å²) in [5, 5.41) is 2.23. The molecule has 0 saturated heterocycles. The zero-order valence-electron chi connectivity index (χ0n) is 10.5. The lowest BCUT2D eigenvalue weighted by Gasteiger charge is -2.20. The number of rotatable bonds is 2. The number of carbonyl (C=O) groups is 1. The van der Waals surface area contributed by atoms with E-state index in [1.54, 1.807) is 20.8 Å². The van der Waals surface area contributed by atoms with E-state index in [4.69, 9.17) is 16.3 Å². The lowest BCUT2D eigenvalue weighted by Crippen LogP contribution is -2.27. The number of hydrogen-bond donors (Lipinski definition) is 1. The van der Waals surface area contributed by atoms with Crippen LogP contribution in [0.2, 0.25) is 5.02 Å². The maximum Gasteiger partial charge on any atom is 0.412 e. The van der Waals surface area contributed by atoms with Gasteiger partial charge in [0.1, 0.15) is 10.5 Å². The van der Waals surface area contributed by atoms with Crippen LogP contribution >= 0.6 is 11.6 Å². The van der Waals surface area contributed by atoms with Gasteiger partial charge in [0, 0.05) is 0 Å². The molecule has 0 aromatic heterocycles. The predicted octanol–water partition coefficient (Wildman–Crippen LogP) is 3.35. The van der Waals surface area contributed by atoms with Crippen molar-refractivity contribution in [2.45, 2.75) is 31.3 Å². The zero-order chi connectivity index (χ0) is 14.8. The molecule has 0 bridgehead atoms. The van der Waals surface area contributed by atoms with Gasteiger partial charge in [0.15, 0.2) is 0 Å². The summed E-state index contributed by atoms with van der Waals surface area (Å²) in [5.74, 6) is 0. The average molecular weight is 310 g/mol. The number of ether oxygens (including phenoxy) is 1. The molecule has 0 aliphatic rings. The smallest absolute Gasteiger partial charge is 0.412 e. The van der Waals surface area contributed by atoms with E-state index in [0.717, 1.165) is 12.1 Å². The molecular formula is C11H13ClFNO4S. The van der Waals surface area contributed by atoms with Crippen LogP contribution in [-0.4, -0.2) is 20.1 Å². The fourth-order valence-corrected chi connectivity index (χ4v) is 1.94. The fraction of sp³-hybridized carbons (Fsp3) is 0.364. The molecule has 0 saturated carbocycles. The van der Waals surface area contributed by atoms with Crippen LogP contribution in [0, 0.1) is 0 Å². The Kier molecular flexibility index (Phi) is 4.42. The van der Waals surface area contributed by atoms with Crippen LogP contribution in [0.1, 0.15) is 20.8 Å². The SMILES string of the molecule is CC(C)(C)OC(=O)Nc1ccc(S(=O)(=O)F)cc1Cl. The number of nitrogens with one attached hydrogen (secondary N) is 1. The van der Waals surface area contributed by atoms with E-state index in [2.05, 4.69) is 5.32 Å². The fourth-order valence-electron chi connectivity index (χ4n) is 1.16. The minimum Gasteiger partial charge on any atom is -0.444 e. The maximum absolute atomic E-state index is 12.7. The van der Waals surface area contributed by atoms with Gasteiger partial charge in [0.25, 0.3) is 0 Å². The Bertz CT molecular complexity index is 595. The first kappa shape index (κ1) is 15.7. The molecule has 0 radical (unpaired) electrons. The molecule has 0 aliphatic carbocycles. The minimum atomic E-state index is -4.83. The predicted molar refractivity (Wildman–Crippen MR) is 69.6 cm³/mol. The maximum atomic E-state index is 12.7. The van der Waals surface area contributed by atoms with E-state index in [1.807, 2.05) is 0 Å². The Morgan fingerprint density at radius 2 is 1.95 bits per heavy atom. The van der Waals surface area contributed by atoms with Gasteiger partial charge in [-0.1, -0.05) is 11.6 Å². The Balaban J connectivity index is 2.90. The van der Waals surface area contributed by atoms with Crippen molar-refractivity contribution >= 4 is 33.6 Å². The van der Waals surface area contributed by atoms with E-state index in [1.165, 1.54) is 6.07 Å². The van der Waals surface area contributed by atoms with Gasteiger partial charge in [0.2, 0.25) is 0 Å². The van der Waals surface area contributed by atoms with Crippen molar-refractivity contribution < 1.29 is 21.8 Å². The van der Waals surface area contributed by atoms with Crippen molar-refractivity contribution in [1.29, 1.82) is 0 Å². The normalized spacial score (nSPS) is 12.1. The van der Waals surface area contributed by atoms with Gasteiger partial charge in [-0.2, -0.15) is 8.42 Å². The molecule has 1 aromatic rings. The van der Waals surface area contributed by atoms with Crippen LogP contribution in [0.5, 0.6) is 0 Å². The van der Waals surface area contributed by atoms with Crippen LogP contribution in [-0.2, 0) is 15.0 Å². The van der Waals surface area contributed by atoms with Gasteiger partial charge in [-0.25, -0.2) is 4.79 Å². The second kappa shape index (κ2) is 5.34. The second-order valence-corrected chi connectivity index (χ2v) is 6.46. The first-order chi connectivity index (χ1) is 8.49. The summed E-state index contributed by atoms with van der Waals surface area (Å²) in [7, 11) is -4.83. The standard InChI is InChI=1S/C11H13ClFNO4S/c1-11(2,3)18-10(15)14-9-5-4-7(6-8(9)12)19(13,16)17/h4-6H,1-3H3,(H,14,15). The first-order valence-electron chi connectivity index (χ1n) is 5.23. The molecule has 0 fully saturated rings. The van der Waals surface area contributed by atoms with Crippen molar-refractivity contribution in [1.82, 2.24) is 0 Å². The van der Waals surface area contributed by atoms with E-state index in [0.29, 0.717) is 0 Å². The third-order valence-electron chi connectivity index (χ3n) is 1.86. The zero-order valence-corrected chi connectivity index (χ0v) is 12.1. The molecule has 106 valence electrons. The molecule has 0 spiro atoms. The van der Waals surface area contributed by atoms with Crippen LogP contribution in [0.25, 0.3) is 0 Å². The average Bonchev–Trinajstić information content (AvgIpc) is 2.16. The monoisotopic (exact) mass is 309 g/mol. The molecule has 1 rings (SSSR count). The molecule has 5 nitrogen and oxygen atoms in total. The molecule has 19 heavy (non-hydrogen) atoms. The van der Waals surface area contributed by atoms with Crippen LogP contribution < -0.4 is 5.32 Å². The lowest BCUT2D eigenvalue weighted by molar-refractivity contribution is 0.0636. The highest BCUT2D eigenvalue weighted by atomic mass is 35.5. The van der Waals surface area contributed by atoms with Crippen molar-refractivity contribution in [3.05, 3.63) is 23.2 Å². The summed E-state index contributed by atoms with van der Waals surface area (Å²) >= 11 is 5.75. The topological polar surface area (TPSA) is 72.5 Å².